The van der Waals surface area contributed by atoms with E-state index in [1.807, 2.05) is 25.1 Å². The largest absolute Gasteiger partial charge is 0.460 e. The van der Waals surface area contributed by atoms with Gasteiger partial charge in [-0.3, -0.25) is 5.10 Å². The van der Waals surface area contributed by atoms with E-state index in [4.69, 9.17) is 10.2 Å². The van der Waals surface area contributed by atoms with E-state index in [1.54, 1.807) is 0 Å². The van der Waals surface area contributed by atoms with Gasteiger partial charge in [-0.25, -0.2) is 0 Å². The van der Waals surface area contributed by atoms with Gasteiger partial charge in [-0.15, -0.1) is 0 Å². The number of aryl methyl sites for hydroxylation is 1. The minimum atomic E-state index is 0.340. The first-order chi connectivity index (χ1) is 8.72. The highest BCUT2D eigenvalue weighted by Crippen LogP contribution is 2.25. The fourth-order valence-corrected chi connectivity index (χ4v) is 2.31. The zero-order chi connectivity index (χ0) is 12.5. The van der Waals surface area contributed by atoms with Crippen LogP contribution in [-0.2, 0) is 0 Å². The van der Waals surface area contributed by atoms with Gasteiger partial charge in [0.1, 0.15) is 11.5 Å². The van der Waals surface area contributed by atoms with Gasteiger partial charge in [0.2, 0.25) is 0 Å². The zero-order valence-electron chi connectivity index (χ0n) is 10.5. The second-order valence-electron chi connectivity index (χ2n) is 4.87. The number of nitrogens with zero attached hydrogens (tertiary/aromatic N) is 2. The molecule has 3 N–H and O–H groups in total. The Hall–Kier alpha value is -1.75. The lowest BCUT2D eigenvalue weighted by Gasteiger charge is -2.29. The predicted molar refractivity (Wildman–Crippen MR) is 70.4 cm³/mol. The first-order valence-corrected chi connectivity index (χ1v) is 6.35. The highest BCUT2D eigenvalue weighted by atomic mass is 16.3. The summed E-state index contributed by atoms with van der Waals surface area (Å²) in [7, 11) is 0. The average molecular weight is 246 g/mol. The number of nitrogens with one attached hydrogen (secondary N) is 1. The summed E-state index contributed by atoms with van der Waals surface area (Å²) < 4.78 is 5.58. The minimum Gasteiger partial charge on any atom is -0.460 e. The number of aromatic nitrogens is 2. The molecule has 0 spiro atoms. The van der Waals surface area contributed by atoms with Crippen molar-refractivity contribution in [3.63, 3.8) is 0 Å². The molecule has 2 aromatic rings. The van der Waals surface area contributed by atoms with Crippen molar-refractivity contribution in [2.45, 2.75) is 25.8 Å². The summed E-state index contributed by atoms with van der Waals surface area (Å²) in [4.78, 5) is 2.26. The van der Waals surface area contributed by atoms with E-state index in [1.165, 1.54) is 0 Å². The lowest BCUT2D eigenvalue weighted by Crippen LogP contribution is -2.39. The van der Waals surface area contributed by atoms with Crippen molar-refractivity contribution >= 4 is 5.82 Å². The first kappa shape index (κ1) is 11.3. The fraction of sp³-hybridized carbons (Fsp3) is 0.462. The minimum absolute atomic E-state index is 0.340. The molecule has 3 heterocycles. The van der Waals surface area contributed by atoms with Gasteiger partial charge in [0.25, 0.3) is 0 Å². The summed E-state index contributed by atoms with van der Waals surface area (Å²) in [5.41, 5.74) is 6.83. The Bertz CT molecular complexity index is 523. The number of piperidine rings is 1. The van der Waals surface area contributed by atoms with Gasteiger partial charge in [-0.05, 0) is 31.9 Å². The lowest BCUT2D eigenvalue weighted by molar-refractivity contribution is 0.498. The number of anilines is 1. The molecule has 1 aliphatic rings. The van der Waals surface area contributed by atoms with Crippen molar-refractivity contribution < 1.29 is 4.42 Å². The van der Waals surface area contributed by atoms with Crippen LogP contribution in [0.3, 0.4) is 0 Å². The van der Waals surface area contributed by atoms with Crippen molar-refractivity contribution in [1.29, 1.82) is 0 Å². The Morgan fingerprint density at radius 2 is 2.17 bits per heavy atom. The predicted octanol–water partition coefficient (Wildman–Crippen LogP) is 1.91. The summed E-state index contributed by atoms with van der Waals surface area (Å²) in [5, 5.41) is 7.38. The van der Waals surface area contributed by atoms with Crippen LogP contribution >= 0.6 is 0 Å². The van der Waals surface area contributed by atoms with E-state index in [0.717, 1.165) is 49.0 Å². The molecule has 96 valence electrons. The molecule has 0 saturated carbocycles. The molecule has 0 aromatic carbocycles. The van der Waals surface area contributed by atoms with E-state index in [2.05, 4.69) is 15.1 Å². The maximum Gasteiger partial charge on any atom is 0.152 e. The number of furan rings is 1. The standard InChI is InChI=1S/C13H18N4O/c1-9-2-3-12(18-9)11-8-13(16-15-11)17-6-4-10(14)5-7-17/h2-3,8,10H,4-7,14H2,1H3,(H,15,16). The number of aromatic amines is 1. The molecule has 1 aliphatic heterocycles. The third kappa shape index (κ3) is 2.13. The molecule has 0 bridgehead atoms. The van der Waals surface area contributed by atoms with Gasteiger partial charge in [0.05, 0.1) is 0 Å². The maximum absolute atomic E-state index is 5.90. The Labute approximate surface area is 106 Å². The molecular formula is C13H18N4O. The third-order valence-corrected chi connectivity index (χ3v) is 3.43. The van der Waals surface area contributed by atoms with E-state index >= 15 is 0 Å². The molecule has 2 aromatic heterocycles. The van der Waals surface area contributed by atoms with E-state index in [-0.39, 0.29) is 0 Å². The van der Waals surface area contributed by atoms with Crippen LogP contribution in [0.1, 0.15) is 18.6 Å². The zero-order valence-corrected chi connectivity index (χ0v) is 10.5. The number of hydrogen-bond acceptors (Lipinski definition) is 4. The highest BCUT2D eigenvalue weighted by molar-refractivity contribution is 5.58. The molecule has 1 saturated heterocycles. The summed E-state index contributed by atoms with van der Waals surface area (Å²) in [6, 6.07) is 6.29. The van der Waals surface area contributed by atoms with Crippen molar-refractivity contribution in [2.75, 3.05) is 18.0 Å². The van der Waals surface area contributed by atoms with Crippen molar-refractivity contribution in [1.82, 2.24) is 10.2 Å². The van der Waals surface area contributed by atoms with Crippen LogP contribution in [0, 0.1) is 6.92 Å². The molecule has 3 rings (SSSR count). The Morgan fingerprint density at radius 3 is 2.83 bits per heavy atom. The topological polar surface area (TPSA) is 71.1 Å². The van der Waals surface area contributed by atoms with Gasteiger partial charge >= 0.3 is 0 Å². The van der Waals surface area contributed by atoms with Crippen LogP contribution in [0.5, 0.6) is 0 Å². The van der Waals surface area contributed by atoms with Crippen molar-refractivity contribution in [3.8, 4) is 11.5 Å². The van der Waals surface area contributed by atoms with Gasteiger partial charge in [0, 0.05) is 25.2 Å². The van der Waals surface area contributed by atoms with Crippen molar-refractivity contribution in [2.24, 2.45) is 5.73 Å². The van der Waals surface area contributed by atoms with Gasteiger partial charge in [0.15, 0.2) is 11.6 Å². The molecule has 0 atom stereocenters. The fourth-order valence-electron chi connectivity index (χ4n) is 2.31. The summed E-state index contributed by atoms with van der Waals surface area (Å²) in [5.74, 6) is 2.72. The number of hydrogen-bond donors (Lipinski definition) is 2. The summed E-state index contributed by atoms with van der Waals surface area (Å²) in [6.45, 7) is 3.89. The number of nitrogens with two attached hydrogens (primary N) is 1. The van der Waals surface area contributed by atoms with Gasteiger partial charge < -0.3 is 15.1 Å². The smallest absolute Gasteiger partial charge is 0.152 e. The van der Waals surface area contributed by atoms with E-state index in [9.17, 15) is 0 Å². The van der Waals surface area contributed by atoms with Crippen LogP contribution in [0.4, 0.5) is 5.82 Å². The summed E-state index contributed by atoms with van der Waals surface area (Å²) >= 11 is 0. The molecule has 0 amide bonds. The normalized spacial score (nSPS) is 17.3. The van der Waals surface area contributed by atoms with Gasteiger partial charge in [-0.1, -0.05) is 0 Å². The molecule has 1 fully saturated rings. The molecule has 0 unspecified atom stereocenters. The Balaban J connectivity index is 1.77. The molecule has 18 heavy (non-hydrogen) atoms. The summed E-state index contributed by atoms with van der Waals surface area (Å²) in [6.07, 6.45) is 2.06. The van der Waals surface area contributed by atoms with Crippen LogP contribution < -0.4 is 10.6 Å². The highest BCUT2D eigenvalue weighted by Gasteiger charge is 2.19. The van der Waals surface area contributed by atoms with Crippen molar-refractivity contribution in [3.05, 3.63) is 24.0 Å². The van der Waals surface area contributed by atoms with Crippen LogP contribution in [0.25, 0.3) is 11.5 Å². The van der Waals surface area contributed by atoms with Crippen LogP contribution in [0.2, 0.25) is 0 Å². The quantitative estimate of drug-likeness (QED) is 0.849. The van der Waals surface area contributed by atoms with Gasteiger partial charge in [-0.2, -0.15) is 5.10 Å². The lowest BCUT2D eigenvalue weighted by atomic mass is 10.1. The van der Waals surface area contributed by atoms with Crippen LogP contribution in [-0.4, -0.2) is 29.3 Å². The number of H-pyrrole nitrogens is 1. The Morgan fingerprint density at radius 1 is 1.39 bits per heavy atom. The molecule has 0 aliphatic carbocycles. The molecule has 5 heteroatoms. The maximum atomic E-state index is 5.90. The monoisotopic (exact) mass is 246 g/mol. The molecule has 0 radical (unpaired) electrons. The second-order valence-corrected chi connectivity index (χ2v) is 4.87. The average Bonchev–Trinajstić information content (AvgIpc) is 2.98. The second kappa shape index (κ2) is 4.49. The number of rotatable bonds is 2. The molecule has 5 nitrogen and oxygen atoms in total. The SMILES string of the molecule is Cc1ccc(-c2cc(N3CCC(N)CC3)n[nH]2)o1. The van der Waals surface area contributed by atoms with E-state index < -0.39 is 0 Å². The van der Waals surface area contributed by atoms with E-state index in [0.29, 0.717) is 6.04 Å². The third-order valence-electron chi connectivity index (χ3n) is 3.43. The first-order valence-electron chi connectivity index (χ1n) is 6.35. The Kier molecular flexibility index (Phi) is 2.83. The molecular weight excluding hydrogens is 228 g/mol. The van der Waals surface area contributed by atoms with Crippen LogP contribution in [0.15, 0.2) is 22.6 Å².